The van der Waals surface area contributed by atoms with Crippen LogP contribution in [0.1, 0.15) is 62.7 Å². The Labute approximate surface area is 159 Å². The Balaban J connectivity index is 1.59. The van der Waals surface area contributed by atoms with Crippen LogP contribution in [0, 0.1) is 0 Å². The molecule has 1 aromatic carbocycles. The fourth-order valence-electron chi connectivity index (χ4n) is 4.33. The van der Waals surface area contributed by atoms with Gasteiger partial charge in [-0.3, -0.25) is 9.69 Å². The predicted molar refractivity (Wildman–Crippen MR) is 109 cm³/mol. The molecule has 3 rings (SSSR count). The van der Waals surface area contributed by atoms with Crippen molar-refractivity contribution in [2.24, 2.45) is 0 Å². The first kappa shape index (κ1) is 19.2. The topological polar surface area (TPSA) is 26.8 Å². The molecule has 1 saturated heterocycles. The Morgan fingerprint density at radius 3 is 2.08 bits per heavy atom. The summed E-state index contributed by atoms with van der Waals surface area (Å²) in [4.78, 5) is 19.8. The van der Waals surface area contributed by atoms with Crippen LogP contribution in [0.25, 0.3) is 0 Å². The van der Waals surface area contributed by atoms with Crippen LogP contribution in [0.4, 0.5) is 5.69 Å². The summed E-state index contributed by atoms with van der Waals surface area (Å²) in [6.07, 6.45) is 7.45. The van der Waals surface area contributed by atoms with Crippen molar-refractivity contribution in [2.75, 3.05) is 38.1 Å². The van der Waals surface area contributed by atoms with Crippen LogP contribution in [-0.2, 0) is 0 Å². The third kappa shape index (κ3) is 4.59. The van der Waals surface area contributed by atoms with Crippen molar-refractivity contribution >= 4 is 11.6 Å². The minimum atomic E-state index is 0.174. The van der Waals surface area contributed by atoms with Crippen molar-refractivity contribution in [2.45, 2.75) is 64.5 Å². The second-order valence-corrected chi connectivity index (χ2v) is 8.23. The number of benzene rings is 1. The average molecular weight is 358 g/mol. The van der Waals surface area contributed by atoms with Crippen LogP contribution < -0.4 is 4.90 Å². The molecule has 1 aliphatic carbocycles. The van der Waals surface area contributed by atoms with Gasteiger partial charge < -0.3 is 9.80 Å². The van der Waals surface area contributed by atoms with Crippen molar-refractivity contribution in [3.63, 3.8) is 0 Å². The van der Waals surface area contributed by atoms with Crippen molar-refractivity contribution in [3.05, 3.63) is 29.8 Å². The lowest BCUT2D eigenvalue weighted by Crippen LogP contribution is -2.48. The maximum atomic E-state index is 12.9. The number of hydrogen-bond acceptors (Lipinski definition) is 3. The molecule has 1 aliphatic heterocycles. The van der Waals surface area contributed by atoms with Gasteiger partial charge in [-0.2, -0.15) is 0 Å². The highest BCUT2D eigenvalue weighted by Gasteiger charge is 2.23. The third-order valence-electron chi connectivity index (χ3n) is 6.22. The van der Waals surface area contributed by atoms with Crippen LogP contribution in [0.2, 0.25) is 0 Å². The number of amides is 1. The lowest BCUT2D eigenvalue weighted by Gasteiger charge is -2.38. The Bertz CT molecular complexity index is 568. The largest absolute Gasteiger partial charge is 0.369 e. The smallest absolute Gasteiger partial charge is 0.253 e. The molecule has 0 atom stereocenters. The SMILES string of the molecule is CC(C)N1CCN(c2ccc(C(=O)N(C)C3CCCCCC3)cc2)CC1. The van der Waals surface area contributed by atoms with Gasteiger partial charge in [-0.1, -0.05) is 25.7 Å². The van der Waals surface area contributed by atoms with E-state index < -0.39 is 0 Å². The summed E-state index contributed by atoms with van der Waals surface area (Å²) in [7, 11) is 1.98. The van der Waals surface area contributed by atoms with E-state index in [9.17, 15) is 4.79 Å². The fraction of sp³-hybridized carbons (Fsp3) is 0.682. The first-order valence-electron chi connectivity index (χ1n) is 10.4. The normalized spacial score (nSPS) is 20.2. The van der Waals surface area contributed by atoms with Crippen molar-refractivity contribution in [1.82, 2.24) is 9.80 Å². The molecule has 2 fully saturated rings. The highest BCUT2D eigenvalue weighted by atomic mass is 16.2. The molecule has 26 heavy (non-hydrogen) atoms. The molecule has 1 amide bonds. The molecule has 0 unspecified atom stereocenters. The fourth-order valence-corrected chi connectivity index (χ4v) is 4.33. The van der Waals surface area contributed by atoms with Crippen molar-refractivity contribution in [1.29, 1.82) is 0 Å². The molecule has 1 saturated carbocycles. The monoisotopic (exact) mass is 357 g/mol. The molecule has 1 heterocycles. The van der Waals surface area contributed by atoms with Gasteiger partial charge in [0.05, 0.1) is 0 Å². The quantitative estimate of drug-likeness (QED) is 0.762. The number of piperazine rings is 1. The number of rotatable bonds is 4. The third-order valence-corrected chi connectivity index (χ3v) is 6.22. The van der Waals surface area contributed by atoms with Crippen LogP contribution in [0.15, 0.2) is 24.3 Å². The van der Waals surface area contributed by atoms with Crippen LogP contribution >= 0.6 is 0 Å². The van der Waals surface area contributed by atoms with E-state index in [-0.39, 0.29) is 5.91 Å². The van der Waals surface area contributed by atoms with Gasteiger partial charge in [-0.25, -0.2) is 0 Å². The van der Waals surface area contributed by atoms with Gasteiger partial charge >= 0.3 is 0 Å². The number of hydrogen-bond donors (Lipinski definition) is 0. The first-order valence-corrected chi connectivity index (χ1v) is 10.4. The lowest BCUT2D eigenvalue weighted by molar-refractivity contribution is 0.0717. The van der Waals surface area contributed by atoms with Crippen molar-refractivity contribution in [3.8, 4) is 0 Å². The maximum absolute atomic E-state index is 12.9. The Hall–Kier alpha value is -1.55. The van der Waals surface area contributed by atoms with Gasteiger partial charge in [0.2, 0.25) is 0 Å². The summed E-state index contributed by atoms with van der Waals surface area (Å²) >= 11 is 0. The van der Waals surface area contributed by atoms with E-state index >= 15 is 0 Å². The molecule has 4 nitrogen and oxygen atoms in total. The van der Waals surface area contributed by atoms with E-state index in [1.807, 2.05) is 24.1 Å². The van der Waals surface area contributed by atoms with Gasteiger partial charge in [-0.05, 0) is 51.0 Å². The van der Waals surface area contributed by atoms with E-state index in [1.165, 1.54) is 31.4 Å². The van der Waals surface area contributed by atoms with Crippen LogP contribution in [0.5, 0.6) is 0 Å². The van der Waals surface area contributed by atoms with E-state index in [0.717, 1.165) is 44.6 Å². The zero-order valence-corrected chi connectivity index (χ0v) is 16.8. The Morgan fingerprint density at radius 2 is 1.54 bits per heavy atom. The lowest BCUT2D eigenvalue weighted by atomic mass is 10.1. The highest BCUT2D eigenvalue weighted by Crippen LogP contribution is 2.23. The van der Waals surface area contributed by atoms with Crippen LogP contribution in [0.3, 0.4) is 0 Å². The van der Waals surface area contributed by atoms with E-state index in [4.69, 9.17) is 0 Å². The molecule has 4 heteroatoms. The van der Waals surface area contributed by atoms with E-state index in [0.29, 0.717) is 12.1 Å². The summed E-state index contributed by atoms with van der Waals surface area (Å²) < 4.78 is 0. The second kappa shape index (κ2) is 8.90. The van der Waals surface area contributed by atoms with Gasteiger partial charge in [0, 0.05) is 56.6 Å². The summed E-state index contributed by atoms with van der Waals surface area (Å²) in [5.74, 6) is 0.174. The molecule has 0 aromatic heterocycles. The van der Waals surface area contributed by atoms with Gasteiger partial charge in [0.15, 0.2) is 0 Å². The number of anilines is 1. The molecule has 0 radical (unpaired) electrons. The molecule has 2 aliphatic rings. The number of carbonyl (C=O) groups excluding carboxylic acids is 1. The summed E-state index contributed by atoms with van der Waals surface area (Å²) in [5, 5.41) is 0. The van der Waals surface area contributed by atoms with Gasteiger partial charge in [0.25, 0.3) is 5.91 Å². The zero-order valence-electron chi connectivity index (χ0n) is 16.8. The summed E-state index contributed by atoms with van der Waals surface area (Å²) in [6.45, 7) is 8.88. The standard InChI is InChI=1S/C22H35N3O/c1-18(2)24-14-16-25(17-15-24)21-12-10-19(11-13-21)22(26)23(3)20-8-6-4-5-7-9-20/h10-13,18,20H,4-9,14-17H2,1-3H3. The van der Waals surface area contributed by atoms with Gasteiger partial charge in [0.1, 0.15) is 0 Å². The molecular weight excluding hydrogens is 322 g/mol. The van der Waals surface area contributed by atoms with Crippen LogP contribution in [-0.4, -0.2) is 61.0 Å². The predicted octanol–water partition coefficient (Wildman–Crippen LogP) is 4.01. The minimum Gasteiger partial charge on any atom is -0.369 e. The maximum Gasteiger partial charge on any atom is 0.253 e. The number of carbonyl (C=O) groups is 1. The van der Waals surface area contributed by atoms with Gasteiger partial charge in [-0.15, -0.1) is 0 Å². The highest BCUT2D eigenvalue weighted by molar-refractivity contribution is 5.94. The zero-order chi connectivity index (χ0) is 18.5. The Kier molecular flexibility index (Phi) is 6.58. The molecule has 0 bridgehead atoms. The Morgan fingerprint density at radius 1 is 0.962 bits per heavy atom. The molecular formula is C22H35N3O. The first-order chi connectivity index (χ1) is 12.6. The second-order valence-electron chi connectivity index (χ2n) is 8.23. The molecule has 1 aromatic rings. The van der Waals surface area contributed by atoms with E-state index in [2.05, 4.69) is 35.8 Å². The molecule has 144 valence electrons. The summed E-state index contributed by atoms with van der Waals surface area (Å²) in [5.41, 5.74) is 2.06. The van der Waals surface area contributed by atoms with Crippen molar-refractivity contribution < 1.29 is 4.79 Å². The molecule has 0 N–H and O–H groups in total. The number of nitrogens with zero attached hydrogens (tertiary/aromatic N) is 3. The minimum absolute atomic E-state index is 0.174. The summed E-state index contributed by atoms with van der Waals surface area (Å²) in [6, 6.07) is 9.31. The molecule has 0 spiro atoms. The van der Waals surface area contributed by atoms with E-state index in [1.54, 1.807) is 0 Å². The average Bonchev–Trinajstić information content (AvgIpc) is 2.96.